The van der Waals surface area contributed by atoms with Gasteiger partial charge in [-0.15, -0.1) is 0 Å². The monoisotopic (exact) mass is 555 g/mol. The van der Waals surface area contributed by atoms with E-state index in [9.17, 15) is 9.59 Å². The van der Waals surface area contributed by atoms with Crippen molar-refractivity contribution in [2.75, 3.05) is 62.4 Å². The molecule has 216 valence electrons. The predicted octanol–water partition coefficient (Wildman–Crippen LogP) is 5.03. The lowest BCUT2D eigenvalue weighted by atomic mass is 9.94. The van der Waals surface area contributed by atoms with Gasteiger partial charge in [0.25, 0.3) is 0 Å². The largest absolute Gasteiger partial charge is 0.493 e. The normalized spacial score (nSPS) is 15.2. The zero-order valence-electron chi connectivity index (χ0n) is 24.1. The van der Waals surface area contributed by atoms with Gasteiger partial charge in [0.1, 0.15) is 0 Å². The van der Waals surface area contributed by atoms with Crippen molar-refractivity contribution in [3.63, 3.8) is 0 Å². The lowest BCUT2D eigenvalue weighted by molar-refractivity contribution is -0.113. The zero-order valence-corrected chi connectivity index (χ0v) is 24.1. The molecule has 0 radical (unpaired) electrons. The number of rotatable bonds is 11. The number of ketones is 1. The van der Waals surface area contributed by atoms with Crippen LogP contribution < -0.4 is 28.4 Å². The van der Waals surface area contributed by atoms with E-state index in [4.69, 9.17) is 33.2 Å². The first kappa shape index (κ1) is 30.2. The molecule has 0 spiro atoms. The number of ether oxygens (including phenoxy) is 7. The van der Waals surface area contributed by atoms with Crippen LogP contribution in [-0.2, 0) is 9.53 Å². The van der Waals surface area contributed by atoms with E-state index in [2.05, 4.69) is 0 Å². The van der Waals surface area contributed by atoms with Gasteiger partial charge in [0.2, 0.25) is 11.5 Å². The maximum atomic E-state index is 13.7. The Bertz CT molecular complexity index is 1150. The molecule has 40 heavy (non-hydrogen) atoms. The van der Waals surface area contributed by atoms with Crippen molar-refractivity contribution < 1.29 is 42.7 Å². The van der Waals surface area contributed by atoms with Crippen LogP contribution in [0.4, 0.5) is 4.79 Å². The molecule has 1 aliphatic rings. The van der Waals surface area contributed by atoms with Gasteiger partial charge in [0.15, 0.2) is 28.8 Å². The van der Waals surface area contributed by atoms with E-state index in [1.807, 2.05) is 6.92 Å². The molecular formula is C30H37NO9. The fourth-order valence-electron chi connectivity index (χ4n) is 4.34. The number of carbonyl (C=O) groups excluding carboxylic acids is 2. The number of likely N-dealkylation sites (tertiary alicyclic amines) is 1. The third kappa shape index (κ3) is 6.80. The molecule has 0 bridgehead atoms. The maximum Gasteiger partial charge on any atom is 0.410 e. The third-order valence-corrected chi connectivity index (χ3v) is 6.34. The number of hydrogen-bond donors (Lipinski definition) is 0. The number of amides is 1. The Morgan fingerprint density at radius 3 is 1.45 bits per heavy atom. The van der Waals surface area contributed by atoms with E-state index in [1.165, 1.54) is 47.6 Å². The second-order valence-electron chi connectivity index (χ2n) is 8.91. The molecule has 1 aliphatic heterocycles. The summed E-state index contributed by atoms with van der Waals surface area (Å²) < 4.78 is 38.1. The Morgan fingerprint density at radius 1 is 0.725 bits per heavy atom. The molecule has 0 atom stereocenters. The summed E-state index contributed by atoms with van der Waals surface area (Å²) in [7, 11) is 9.12. The quantitative estimate of drug-likeness (QED) is 0.279. The van der Waals surface area contributed by atoms with Crippen LogP contribution in [0.15, 0.2) is 35.4 Å². The molecule has 2 aromatic carbocycles. The van der Waals surface area contributed by atoms with Gasteiger partial charge in [-0.25, -0.2) is 4.79 Å². The second kappa shape index (κ2) is 14.2. The van der Waals surface area contributed by atoms with Crippen LogP contribution in [0.5, 0.6) is 34.5 Å². The van der Waals surface area contributed by atoms with E-state index in [0.29, 0.717) is 63.4 Å². The maximum absolute atomic E-state index is 13.7. The molecule has 0 aliphatic carbocycles. The number of nitrogens with zero attached hydrogens (tertiary/aromatic N) is 1. The van der Waals surface area contributed by atoms with Gasteiger partial charge in [-0.2, -0.15) is 0 Å². The summed E-state index contributed by atoms with van der Waals surface area (Å²) in [6, 6.07) is 6.96. The number of Topliss-reactive ketones (excluding diaryl/α,β-unsaturated/α-hetero) is 1. The van der Waals surface area contributed by atoms with Crippen molar-refractivity contribution in [3.05, 3.63) is 46.5 Å². The number of hydrogen-bond acceptors (Lipinski definition) is 9. The zero-order chi connectivity index (χ0) is 29.2. The average Bonchev–Trinajstić information content (AvgIpc) is 2.97. The minimum atomic E-state index is -0.493. The molecule has 1 amide bonds. The van der Waals surface area contributed by atoms with Gasteiger partial charge >= 0.3 is 6.09 Å². The van der Waals surface area contributed by atoms with Crippen molar-refractivity contribution >= 4 is 24.0 Å². The van der Waals surface area contributed by atoms with E-state index in [-0.39, 0.29) is 18.9 Å². The van der Waals surface area contributed by atoms with Crippen LogP contribution in [-0.4, -0.2) is 79.1 Å². The molecule has 0 aromatic heterocycles. The highest BCUT2D eigenvalue weighted by atomic mass is 16.6. The molecule has 10 heteroatoms. The first-order valence-corrected chi connectivity index (χ1v) is 12.8. The Balaban J connectivity index is 2.10. The average molecular weight is 556 g/mol. The van der Waals surface area contributed by atoms with Crippen molar-refractivity contribution in [1.82, 2.24) is 4.90 Å². The van der Waals surface area contributed by atoms with Crippen LogP contribution in [0.1, 0.15) is 30.9 Å². The summed E-state index contributed by atoms with van der Waals surface area (Å²) in [4.78, 5) is 28.2. The SMILES string of the molecule is CCCCOC(=O)N1C/C(=C/c2cc(OC)c(OC)c(OC)c2)C(=O)/C(=C/c2cc(OC)c(OC)c(OC)c2)C1. The second-order valence-corrected chi connectivity index (χ2v) is 8.91. The fraction of sp³-hybridized carbons (Fsp3) is 0.400. The van der Waals surface area contributed by atoms with Gasteiger partial charge in [-0.3, -0.25) is 9.69 Å². The molecular weight excluding hydrogens is 518 g/mol. The first-order valence-electron chi connectivity index (χ1n) is 12.8. The van der Waals surface area contributed by atoms with Crippen molar-refractivity contribution in [2.24, 2.45) is 0 Å². The first-order chi connectivity index (χ1) is 19.3. The number of piperidine rings is 1. The minimum Gasteiger partial charge on any atom is -0.493 e. The molecule has 0 unspecified atom stereocenters. The topological polar surface area (TPSA) is 102 Å². The summed E-state index contributed by atoms with van der Waals surface area (Å²) in [5, 5.41) is 0. The molecule has 3 rings (SSSR count). The minimum absolute atomic E-state index is 0.0764. The van der Waals surface area contributed by atoms with Crippen LogP contribution >= 0.6 is 0 Å². The van der Waals surface area contributed by atoms with E-state index in [1.54, 1.807) is 36.4 Å². The number of unbranched alkanes of at least 4 members (excludes halogenated alkanes) is 1. The molecule has 1 heterocycles. The van der Waals surface area contributed by atoms with Gasteiger partial charge in [0.05, 0.1) is 62.4 Å². The van der Waals surface area contributed by atoms with Crippen molar-refractivity contribution in [1.29, 1.82) is 0 Å². The molecule has 0 saturated carbocycles. The smallest absolute Gasteiger partial charge is 0.410 e. The highest BCUT2D eigenvalue weighted by Crippen LogP contribution is 2.40. The van der Waals surface area contributed by atoms with Crippen molar-refractivity contribution in [3.8, 4) is 34.5 Å². The van der Waals surface area contributed by atoms with Crippen LogP contribution in [0, 0.1) is 0 Å². The molecule has 10 nitrogen and oxygen atoms in total. The Hall–Kier alpha value is -4.34. The van der Waals surface area contributed by atoms with Crippen LogP contribution in [0.3, 0.4) is 0 Å². The number of benzene rings is 2. The Morgan fingerprint density at radius 2 is 1.12 bits per heavy atom. The van der Waals surface area contributed by atoms with Gasteiger partial charge in [-0.1, -0.05) is 13.3 Å². The Labute approximate surface area is 235 Å². The van der Waals surface area contributed by atoms with E-state index in [0.717, 1.165) is 12.8 Å². The van der Waals surface area contributed by atoms with E-state index < -0.39 is 6.09 Å². The molecule has 1 saturated heterocycles. The van der Waals surface area contributed by atoms with E-state index >= 15 is 0 Å². The van der Waals surface area contributed by atoms with Crippen LogP contribution in [0.2, 0.25) is 0 Å². The number of carbonyl (C=O) groups is 2. The standard InChI is InChI=1S/C30H37NO9/c1-8-9-10-40-30(33)31-17-21(11-19-13-23(34-2)28(38-6)24(14-19)35-3)27(32)22(18-31)12-20-15-25(36-4)29(39-7)26(16-20)37-5/h11-16H,8-10,17-18H2,1-7H3/b21-11-,22-12+. The predicted molar refractivity (Wildman–Crippen MR) is 151 cm³/mol. The van der Waals surface area contributed by atoms with Gasteiger partial charge in [-0.05, 0) is 54.0 Å². The summed E-state index contributed by atoms with van der Waals surface area (Å²) in [5.74, 6) is 2.45. The van der Waals surface area contributed by atoms with Gasteiger partial charge in [0, 0.05) is 11.1 Å². The fourth-order valence-corrected chi connectivity index (χ4v) is 4.34. The number of methoxy groups -OCH3 is 6. The highest BCUT2D eigenvalue weighted by molar-refractivity contribution is 6.15. The summed E-state index contributed by atoms with van der Waals surface area (Å²) >= 11 is 0. The third-order valence-electron chi connectivity index (χ3n) is 6.34. The van der Waals surface area contributed by atoms with Crippen molar-refractivity contribution in [2.45, 2.75) is 19.8 Å². The summed E-state index contributed by atoms with van der Waals surface area (Å²) in [6.07, 6.45) is 4.57. The lowest BCUT2D eigenvalue weighted by Crippen LogP contribution is -2.42. The van der Waals surface area contributed by atoms with Crippen LogP contribution in [0.25, 0.3) is 12.2 Å². The Kier molecular flexibility index (Phi) is 10.7. The summed E-state index contributed by atoms with van der Waals surface area (Å²) in [6.45, 7) is 2.47. The summed E-state index contributed by atoms with van der Waals surface area (Å²) in [5.41, 5.74) is 2.08. The molecule has 1 fully saturated rings. The molecule has 0 N–H and O–H groups in total. The van der Waals surface area contributed by atoms with Gasteiger partial charge < -0.3 is 33.2 Å². The molecule has 2 aromatic rings. The highest BCUT2D eigenvalue weighted by Gasteiger charge is 2.30. The lowest BCUT2D eigenvalue weighted by Gasteiger charge is -2.29.